The molecule has 0 saturated carbocycles. The first-order valence-electron chi connectivity index (χ1n) is 10.9. The van der Waals surface area contributed by atoms with Gasteiger partial charge in [-0.2, -0.15) is 0 Å². The quantitative estimate of drug-likeness (QED) is 0.436. The van der Waals surface area contributed by atoms with E-state index in [0.717, 1.165) is 11.3 Å². The fourth-order valence-corrected chi connectivity index (χ4v) is 5.34. The van der Waals surface area contributed by atoms with Crippen LogP contribution in [-0.4, -0.2) is 55.5 Å². The first kappa shape index (κ1) is 20.9. The number of carbonyl (C=O) groups excluding carboxylic acids is 1. The Morgan fingerprint density at radius 1 is 1.06 bits per heavy atom. The fourth-order valence-electron chi connectivity index (χ4n) is 4.12. The number of thiophene rings is 1. The van der Waals surface area contributed by atoms with Gasteiger partial charge in [-0.1, -0.05) is 36.4 Å². The van der Waals surface area contributed by atoms with Gasteiger partial charge in [-0.05, 0) is 24.6 Å². The minimum atomic E-state index is -0.168. The molecule has 164 valence electrons. The number of hydrogen-bond donors (Lipinski definition) is 2. The van der Waals surface area contributed by atoms with Gasteiger partial charge >= 0.3 is 0 Å². The minimum Gasteiger partial charge on any atom is -0.396 e. The Bertz CT molecular complexity index is 1260. The summed E-state index contributed by atoms with van der Waals surface area (Å²) >= 11 is 1.77. The molecule has 1 aliphatic rings. The molecule has 0 radical (unpaired) electrons. The molecule has 0 unspecified atom stereocenters. The molecular weight excluding hydrogens is 422 g/mol. The third kappa shape index (κ3) is 3.95. The number of pyridine rings is 1. The van der Waals surface area contributed by atoms with Crippen LogP contribution in [0, 0.1) is 0 Å². The maximum Gasteiger partial charge on any atom is 0.255 e. The summed E-state index contributed by atoms with van der Waals surface area (Å²) in [4.78, 5) is 20.0. The van der Waals surface area contributed by atoms with Crippen LogP contribution in [0.5, 0.6) is 0 Å². The van der Waals surface area contributed by atoms with Gasteiger partial charge in [-0.15, -0.1) is 11.3 Å². The highest BCUT2D eigenvalue weighted by Gasteiger charge is 2.22. The Morgan fingerprint density at radius 2 is 1.88 bits per heavy atom. The van der Waals surface area contributed by atoms with Gasteiger partial charge in [-0.25, -0.2) is 4.98 Å². The lowest BCUT2D eigenvalue weighted by Crippen LogP contribution is -2.38. The summed E-state index contributed by atoms with van der Waals surface area (Å²) in [6.07, 6.45) is 0.526. The van der Waals surface area contributed by atoms with Gasteiger partial charge in [0.15, 0.2) is 0 Å². The van der Waals surface area contributed by atoms with Gasteiger partial charge in [0.05, 0.1) is 24.5 Å². The number of nitrogens with zero attached hydrogens (tertiary/aromatic N) is 2. The molecule has 1 saturated heterocycles. The SMILES string of the molecule is O=C(NCCCO)c1ccc(-c2cccc3c2sc2ccccc23)nc1N1CCOCC1. The Labute approximate surface area is 190 Å². The van der Waals surface area contributed by atoms with Crippen molar-refractivity contribution in [2.45, 2.75) is 6.42 Å². The molecule has 4 aromatic rings. The summed E-state index contributed by atoms with van der Waals surface area (Å²) in [5.41, 5.74) is 2.48. The number of benzene rings is 2. The molecular formula is C25H25N3O3S. The smallest absolute Gasteiger partial charge is 0.255 e. The van der Waals surface area contributed by atoms with Crippen molar-refractivity contribution in [2.24, 2.45) is 0 Å². The van der Waals surface area contributed by atoms with Crippen LogP contribution in [0.1, 0.15) is 16.8 Å². The van der Waals surface area contributed by atoms with Gasteiger partial charge in [0.1, 0.15) is 5.82 Å². The number of fused-ring (bicyclic) bond motifs is 3. The minimum absolute atomic E-state index is 0.0486. The average molecular weight is 448 g/mol. The van der Waals surface area contributed by atoms with E-state index in [-0.39, 0.29) is 12.5 Å². The van der Waals surface area contributed by atoms with Crippen LogP contribution in [0.2, 0.25) is 0 Å². The first-order chi connectivity index (χ1) is 15.8. The lowest BCUT2D eigenvalue weighted by atomic mass is 10.1. The summed E-state index contributed by atoms with van der Waals surface area (Å²) in [6, 6.07) is 18.6. The molecule has 32 heavy (non-hydrogen) atoms. The maximum absolute atomic E-state index is 12.9. The van der Waals surface area contributed by atoms with E-state index >= 15 is 0 Å². The summed E-state index contributed by atoms with van der Waals surface area (Å²) in [5, 5.41) is 14.4. The number of rotatable bonds is 6. The van der Waals surface area contributed by atoms with Gasteiger partial charge < -0.3 is 20.1 Å². The second-order valence-electron chi connectivity index (χ2n) is 7.78. The standard InChI is InChI=1S/C25H25N3O3S/c29-14-4-11-26-25(30)20-9-10-21(27-24(20)28-12-15-31-16-13-28)19-7-3-6-18-17-5-1-2-8-22(17)32-23(18)19/h1-3,5-10,29H,4,11-16H2,(H,26,30). The molecule has 1 aliphatic heterocycles. The number of aliphatic hydroxyl groups is 1. The second kappa shape index (κ2) is 9.24. The van der Waals surface area contributed by atoms with Crippen molar-refractivity contribution < 1.29 is 14.6 Å². The number of ether oxygens (including phenoxy) is 1. The van der Waals surface area contributed by atoms with Crippen molar-refractivity contribution in [1.29, 1.82) is 0 Å². The highest BCUT2D eigenvalue weighted by Crippen LogP contribution is 2.39. The molecule has 1 fully saturated rings. The third-order valence-corrected chi connectivity index (χ3v) is 6.95. The number of amides is 1. The predicted molar refractivity (Wildman–Crippen MR) is 130 cm³/mol. The Hall–Kier alpha value is -3.00. The van der Waals surface area contributed by atoms with Crippen LogP contribution in [0.4, 0.5) is 5.82 Å². The van der Waals surface area contributed by atoms with Gasteiger partial charge in [-0.3, -0.25) is 4.79 Å². The Morgan fingerprint density at radius 3 is 2.72 bits per heavy atom. The molecule has 2 aromatic heterocycles. The highest BCUT2D eigenvalue weighted by molar-refractivity contribution is 7.26. The normalized spacial score (nSPS) is 14.2. The summed E-state index contributed by atoms with van der Waals surface area (Å²) in [5.74, 6) is 0.518. The van der Waals surface area contributed by atoms with Crippen LogP contribution in [0.25, 0.3) is 31.4 Å². The number of morpholine rings is 1. The lowest BCUT2D eigenvalue weighted by Gasteiger charge is -2.29. The number of aromatic nitrogens is 1. The first-order valence-corrected chi connectivity index (χ1v) is 11.7. The van der Waals surface area contributed by atoms with Crippen molar-refractivity contribution in [2.75, 3.05) is 44.4 Å². The zero-order valence-electron chi connectivity index (χ0n) is 17.7. The van der Waals surface area contributed by atoms with Gasteiger partial charge in [0.25, 0.3) is 5.91 Å². The van der Waals surface area contributed by atoms with Crippen LogP contribution < -0.4 is 10.2 Å². The number of hydrogen-bond acceptors (Lipinski definition) is 6. The average Bonchev–Trinajstić information content (AvgIpc) is 3.23. The molecule has 2 N–H and O–H groups in total. The Kier molecular flexibility index (Phi) is 6.03. The number of aliphatic hydroxyl groups excluding tert-OH is 1. The lowest BCUT2D eigenvalue weighted by molar-refractivity contribution is 0.0949. The van der Waals surface area contributed by atoms with E-state index in [0.29, 0.717) is 50.7 Å². The monoisotopic (exact) mass is 447 g/mol. The van der Waals surface area contributed by atoms with Crippen LogP contribution in [0.15, 0.2) is 54.6 Å². The van der Waals surface area contributed by atoms with E-state index < -0.39 is 0 Å². The molecule has 0 aliphatic carbocycles. The maximum atomic E-state index is 12.9. The van der Waals surface area contributed by atoms with E-state index in [9.17, 15) is 4.79 Å². The molecule has 5 rings (SSSR count). The number of nitrogens with one attached hydrogen (secondary N) is 1. The van der Waals surface area contributed by atoms with E-state index in [2.05, 4.69) is 52.7 Å². The molecule has 0 spiro atoms. The molecule has 1 amide bonds. The van der Waals surface area contributed by atoms with Crippen molar-refractivity contribution in [3.05, 3.63) is 60.2 Å². The summed E-state index contributed by atoms with van der Waals surface area (Å²) < 4.78 is 7.97. The van der Waals surface area contributed by atoms with Crippen molar-refractivity contribution in [3.8, 4) is 11.3 Å². The largest absolute Gasteiger partial charge is 0.396 e. The van der Waals surface area contributed by atoms with Crippen molar-refractivity contribution >= 4 is 43.2 Å². The zero-order valence-corrected chi connectivity index (χ0v) is 18.5. The molecule has 6 nitrogen and oxygen atoms in total. The van der Waals surface area contributed by atoms with Crippen LogP contribution >= 0.6 is 11.3 Å². The molecule has 2 aromatic carbocycles. The van der Waals surface area contributed by atoms with E-state index in [1.807, 2.05) is 12.1 Å². The van der Waals surface area contributed by atoms with Gasteiger partial charge in [0.2, 0.25) is 0 Å². The summed E-state index contributed by atoms with van der Waals surface area (Å²) in [7, 11) is 0. The van der Waals surface area contributed by atoms with E-state index in [4.69, 9.17) is 14.8 Å². The van der Waals surface area contributed by atoms with Crippen molar-refractivity contribution in [1.82, 2.24) is 10.3 Å². The van der Waals surface area contributed by atoms with Crippen molar-refractivity contribution in [3.63, 3.8) is 0 Å². The van der Waals surface area contributed by atoms with Gasteiger partial charge in [0, 0.05) is 52.0 Å². The number of anilines is 1. The Balaban J connectivity index is 1.60. The van der Waals surface area contributed by atoms with Crippen LogP contribution in [0.3, 0.4) is 0 Å². The van der Waals surface area contributed by atoms with E-state index in [1.165, 1.54) is 20.2 Å². The molecule has 0 bridgehead atoms. The van der Waals surface area contributed by atoms with Crippen LogP contribution in [-0.2, 0) is 4.74 Å². The predicted octanol–water partition coefficient (Wildman–Crippen LogP) is 4.07. The molecule has 3 heterocycles. The molecule has 7 heteroatoms. The van der Waals surface area contributed by atoms with E-state index in [1.54, 1.807) is 11.3 Å². The topological polar surface area (TPSA) is 74.7 Å². The molecule has 0 atom stereocenters. The fraction of sp³-hybridized carbons (Fsp3) is 0.280. The number of carbonyl (C=O) groups is 1. The highest BCUT2D eigenvalue weighted by atomic mass is 32.1. The zero-order chi connectivity index (χ0) is 21.9. The third-order valence-electron chi connectivity index (χ3n) is 5.73. The second-order valence-corrected chi connectivity index (χ2v) is 8.83. The summed E-state index contributed by atoms with van der Waals surface area (Å²) in [6.45, 7) is 3.10.